The van der Waals surface area contributed by atoms with Crippen molar-refractivity contribution in [3.05, 3.63) is 29.8 Å². The maximum Gasteiger partial charge on any atom is 0.214 e. The van der Waals surface area contributed by atoms with Gasteiger partial charge in [0, 0.05) is 38.3 Å². The largest absolute Gasteiger partial charge is 0.488 e. The molecule has 7 nitrogen and oxygen atoms in total. The highest BCUT2D eigenvalue weighted by Gasteiger charge is 2.27. The van der Waals surface area contributed by atoms with Crippen molar-refractivity contribution in [2.75, 3.05) is 25.9 Å². The number of guanidine groups is 1. The zero-order valence-electron chi connectivity index (χ0n) is 18.8. The third-order valence-corrected chi connectivity index (χ3v) is 6.78. The van der Waals surface area contributed by atoms with E-state index in [0.29, 0.717) is 32.0 Å². The number of para-hydroxylation sites is 1. The van der Waals surface area contributed by atoms with E-state index in [1.807, 2.05) is 52.0 Å². The monoisotopic (exact) mass is 552 g/mol. The van der Waals surface area contributed by atoms with Crippen LogP contribution >= 0.6 is 24.0 Å². The first-order chi connectivity index (χ1) is 13.6. The molecule has 0 aromatic heterocycles. The van der Waals surface area contributed by atoms with Gasteiger partial charge in [-0.2, -0.15) is 0 Å². The molecule has 1 heterocycles. The molecule has 0 unspecified atom stereocenters. The second-order valence-electron chi connectivity index (χ2n) is 8.38. The predicted molar refractivity (Wildman–Crippen MR) is 134 cm³/mol. The van der Waals surface area contributed by atoms with Crippen molar-refractivity contribution < 1.29 is 13.2 Å². The molecular formula is C21H37IN4O3S. The lowest BCUT2D eigenvalue weighted by atomic mass is 10.1. The Morgan fingerprint density at radius 1 is 1.23 bits per heavy atom. The van der Waals surface area contributed by atoms with Crippen LogP contribution in [0.3, 0.4) is 0 Å². The second kappa shape index (κ2) is 12.1. The van der Waals surface area contributed by atoms with E-state index in [9.17, 15) is 8.42 Å². The maximum absolute atomic E-state index is 12.2. The minimum Gasteiger partial charge on any atom is -0.488 e. The maximum atomic E-state index is 12.2. The van der Waals surface area contributed by atoms with Crippen molar-refractivity contribution in [1.29, 1.82) is 0 Å². The fraction of sp³-hybridized carbons (Fsp3) is 0.667. The highest BCUT2D eigenvalue weighted by Crippen LogP contribution is 2.23. The average Bonchev–Trinajstić information content (AvgIpc) is 2.65. The van der Waals surface area contributed by atoms with Crippen molar-refractivity contribution in [3.8, 4) is 5.75 Å². The van der Waals surface area contributed by atoms with Gasteiger partial charge in [-0.3, -0.25) is 4.99 Å². The van der Waals surface area contributed by atoms with Crippen molar-refractivity contribution in [2.24, 2.45) is 4.99 Å². The molecule has 0 spiro atoms. The van der Waals surface area contributed by atoms with Gasteiger partial charge in [0.15, 0.2) is 5.96 Å². The number of hydrogen-bond donors (Lipinski definition) is 2. The number of piperidine rings is 1. The van der Waals surface area contributed by atoms with E-state index in [0.717, 1.165) is 24.2 Å². The first kappa shape index (κ1) is 27.0. The summed E-state index contributed by atoms with van der Waals surface area (Å²) in [4.78, 5) is 4.32. The number of nitrogens with zero attached hydrogens (tertiary/aromatic N) is 2. The van der Waals surface area contributed by atoms with E-state index in [2.05, 4.69) is 15.6 Å². The van der Waals surface area contributed by atoms with E-state index >= 15 is 0 Å². The lowest BCUT2D eigenvalue weighted by molar-refractivity contribution is 0.129. The Labute approximate surface area is 199 Å². The number of benzene rings is 1. The summed E-state index contributed by atoms with van der Waals surface area (Å²) in [7, 11) is -1.37. The van der Waals surface area contributed by atoms with E-state index in [1.54, 1.807) is 11.4 Å². The lowest BCUT2D eigenvalue weighted by Gasteiger charge is -2.32. The summed E-state index contributed by atoms with van der Waals surface area (Å²) in [5, 5.41) is 6.77. The number of hydrogen-bond acceptors (Lipinski definition) is 4. The van der Waals surface area contributed by atoms with Crippen LogP contribution in [0.2, 0.25) is 0 Å². The molecule has 1 saturated heterocycles. The van der Waals surface area contributed by atoms with E-state index in [4.69, 9.17) is 4.74 Å². The van der Waals surface area contributed by atoms with Gasteiger partial charge < -0.3 is 15.4 Å². The normalized spacial score (nSPS) is 16.6. The molecule has 1 fully saturated rings. The third kappa shape index (κ3) is 8.58. The molecule has 0 atom stereocenters. The molecule has 2 rings (SSSR count). The van der Waals surface area contributed by atoms with Gasteiger partial charge >= 0.3 is 0 Å². The van der Waals surface area contributed by atoms with Crippen LogP contribution in [0.25, 0.3) is 0 Å². The van der Waals surface area contributed by atoms with Gasteiger partial charge in [0.1, 0.15) is 11.4 Å². The summed E-state index contributed by atoms with van der Waals surface area (Å²) in [6.07, 6.45) is 2.19. The van der Waals surface area contributed by atoms with Gasteiger partial charge in [-0.05, 0) is 46.1 Å². The zero-order valence-corrected chi connectivity index (χ0v) is 21.9. The Morgan fingerprint density at radius 2 is 1.87 bits per heavy atom. The molecule has 0 bridgehead atoms. The van der Waals surface area contributed by atoms with Crippen LogP contribution in [0.15, 0.2) is 29.3 Å². The molecule has 0 aliphatic carbocycles. The van der Waals surface area contributed by atoms with Gasteiger partial charge in [-0.25, -0.2) is 12.7 Å². The molecule has 0 saturated carbocycles. The Kier molecular flexibility index (Phi) is 10.9. The second-order valence-corrected chi connectivity index (χ2v) is 10.5. The summed E-state index contributed by atoms with van der Waals surface area (Å²) < 4.78 is 32.1. The molecule has 1 aromatic rings. The molecule has 1 aliphatic rings. The number of rotatable bonds is 7. The summed E-state index contributed by atoms with van der Waals surface area (Å²) in [6, 6.07) is 8.19. The van der Waals surface area contributed by atoms with Gasteiger partial charge in [0.2, 0.25) is 10.0 Å². The topological polar surface area (TPSA) is 83.0 Å². The molecule has 0 amide bonds. The molecular weight excluding hydrogens is 515 g/mol. The van der Waals surface area contributed by atoms with Crippen molar-refractivity contribution in [2.45, 2.75) is 65.1 Å². The summed E-state index contributed by atoms with van der Waals surface area (Å²) in [6.45, 7) is 9.70. The zero-order chi connectivity index (χ0) is 21.5. The average molecular weight is 553 g/mol. The summed E-state index contributed by atoms with van der Waals surface area (Å²) >= 11 is 0. The Balaban J connectivity index is 0.00000450. The fourth-order valence-electron chi connectivity index (χ4n) is 3.31. The van der Waals surface area contributed by atoms with E-state index in [-0.39, 0.29) is 41.4 Å². The molecule has 9 heteroatoms. The minimum atomic E-state index is -3.11. The van der Waals surface area contributed by atoms with Crippen LogP contribution in [0.1, 0.15) is 52.5 Å². The summed E-state index contributed by atoms with van der Waals surface area (Å²) in [5.41, 5.74) is 0.799. The third-order valence-electron chi connectivity index (χ3n) is 4.71. The van der Waals surface area contributed by atoms with Gasteiger partial charge in [-0.1, -0.05) is 25.1 Å². The minimum absolute atomic E-state index is 0. The molecule has 172 valence electrons. The first-order valence-electron chi connectivity index (χ1n) is 10.4. The molecule has 1 aromatic carbocycles. The quantitative estimate of drug-likeness (QED) is 0.308. The molecule has 30 heavy (non-hydrogen) atoms. The van der Waals surface area contributed by atoms with Crippen LogP contribution in [0.4, 0.5) is 0 Å². The predicted octanol–water partition coefficient (Wildman–Crippen LogP) is 3.35. The Morgan fingerprint density at radius 3 is 2.43 bits per heavy atom. The smallest absolute Gasteiger partial charge is 0.214 e. The van der Waals surface area contributed by atoms with Crippen molar-refractivity contribution >= 4 is 40.0 Å². The highest BCUT2D eigenvalue weighted by molar-refractivity contribution is 14.0. The molecule has 2 N–H and O–H groups in total. The SMILES string of the molecule is CCCS(=O)(=O)N1CCC(NC(=NC)NCc2ccccc2OC(C)(C)C)CC1.I. The van der Waals surface area contributed by atoms with E-state index < -0.39 is 10.0 Å². The first-order valence-corrected chi connectivity index (χ1v) is 12.0. The molecule has 1 aliphatic heterocycles. The van der Waals surface area contributed by atoms with Gasteiger partial charge in [0.25, 0.3) is 0 Å². The van der Waals surface area contributed by atoms with Crippen molar-refractivity contribution in [3.63, 3.8) is 0 Å². The number of nitrogens with one attached hydrogen (secondary N) is 2. The van der Waals surface area contributed by atoms with Crippen LogP contribution in [-0.2, 0) is 16.6 Å². The summed E-state index contributed by atoms with van der Waals surface area (Å²) in [5.74, 6) is 1.80. The highest BCUT2D eigenvalue weighted by atomic mass is 127. The van der Waals surface area contributed by atoms with Crippen LogP contribution in [0.5, 0.6) is 5.75 Å². The van der Waals surface area contributed by atoms with Gasteiger partial charge in [0.05, 0.1) is 5.75 Å². The number of ether oxygens (including phenoxy) is 1. The van der Waals surface area contributed by atoms with Gasteiger partial charge in [-0.15, -0.1) is 24.0 Å². The fourth-order valence-corrected chi connectivity index (χ4v) is 4.85. The van der Waals surface area contributed by atoms with E-state index in [1.165, 1.54) is 0 Å². The Bertz CT molecular complexity index is 786. The number of aliphatic imine (C=N–C) groups is 1. The van der Waals surface area contributed by atoms with Crippen LogP contribution in [0, 0.1) is 0 Å². The Hall–Kier alpha value is -1.07. The lowest BCUT2D eigenvalue weighted by Crippen LogP contribution is -2.49. The van der Waals surface area contributed by atoms with Crippen LogP contribution in [-0.4, -0.2) is 56.2 Å². The molecule has 0 radical (unpaired) electrons. The number of halogens is 1. The standard InChI is InChI=1S/C21H36N4O3S.HI/c1-6-15-29(26,27)25-13-11-18(12-14-25)24-20(22-5)23-16-17-9-7-8-10-19(17)28-21(2,3)4;/h7-10,18H,6,11-16H2,1-5H3,(H2,22,23,24);1H. The van der Waals surface area contributed by atoms with Crippen molar-refractivity contribution in [1.82, 2.24) is 14.9 Å². The van der Waals surface area contributed by atoms with Crippen LogP contribution < -0.4 is 15.4 Å². The number of sulfonamides is 1.